The molecule has 0 fully saturated rings. The van der Waals surface area contributed by atoms with Gasteiger partial charge in [-0.3, -0.25) is 0 Å². The van der Waals surface area contributed by atoms with Gasteiger partial charge in [-0.15, -0.1) is 0 Å². The zero-order valence-electron chi connectivity index (χ0n) is 22.4. The Labute approximate surface area is 200 Å². The first-order chi connectivity index (χ1) is 15.9. The van der Waals surface area contributed by atoms with Gasteiger partial charge in [0, 0.05) is 18.4 Å². The largest absolute Gasteiger partial charge is 0.220 e. The van der Waals surface area contributed by atoms with Crippen LogP contribution in [0.3, 0.4) is 0 Å². The molecule has 3 aromatic carbocycles. The van der Waals surface area contributed by atoms with Gasteiger partial charge in [0.05, 0.1) is 12.3 Å². The molecule has 33 heavy (non-hydrogen) atoms. The van der Waals surface area contributed by atoms with Crippen LogP contribution >= 0.6 is 0 Å². The predicted molar refractivity (Wildman–Crippen MR) is 141 cm³/mol. The molecule has 1 nitrogen and oxygen atoms in total. The Hall–Kier alpha value is -2.93. The van der Waals surface area contributed by atoms with Crippen molar-refractivity contribution in [3.8, 4) is 22.4 Å². The van der Waals surface area contributed by atoms with Gasteiger partial charge < -0.3 is 0 Å². The van der Waals surface area contributed by atoms with Crippen LogP contribution in [0.4, 0.5) is 0 Å². The molecule has 0 radical (unpaired) electrons. The van der Waals surface area contributed by atoms with Crippen LogP contribution in [0.15, 0.2) is 60.6 Å². The molecule has 0 amide bonds. The van der Waals surface area contributed by atoms with Crippen LogP contribution in [0.1, 0.15) is 63.9 Å². The molecule has 0 unspecified atom stereocenters. The van der Waals surface area contributed by atoms with Crippen molar-refractivity contribution in [3.05, 3.63) is 88.6 Å². The fourth-order valence-corrected chi connectivity index (χ4v) is 5.69. The van der Waals surface area contributed by atoms with Gasteiger partial charge in [0.15, 0.2) is 5.69 Å². The van der Waals surface area contributed by atoms with Crippen LogP contribution < -0.4 is 4.57 Å². The van der Waals surface area contributed by atoms with E-state index in [9.17, 15) is 0 Å². The summed E-state index contributed by atoms with van der Waals surface area (Å²) in [5.74, 6) is 0. The number of aryl methyl sites for hydroxylation is 1. The Morgan fingerprint density at radius 3 is 2.33 bits per heavy atom. The lowest BCUT2D eigenvalue weighted by molar-refractivity contribution is -0.665. The molecule has 1 heteroatoms. The number of hydrogen-bond acceptors (Lipinski definition) is 0. The first kappa shape index (κ1) is 20.7. The highest BCUT2D eigenvalue weighted by Gasteiger charge is 2.36. The molecule has 168 valence electrons. The molecule has 4 aromatic rings. The van der Waals surface area contributed by atoms with Gasteiger partial charge in [0.25, 0.3) is 0 Å². The summed E-state index contributed by atoms with van der Waals surface area (Å²) in [6.07, 6.45) is 1.00. The number of benzene rings is 3. The third kappa shape index (κ3) is 3.50. The lowest BCUT2D eigenvalue weighted by Gasteiger charge is -2.22. The smallest absolute Gasteiger partial charge is 0.198 e. The van der Waals surface area contributed by atoms with Crippen molar-refractivity contribution >= 4 is 10.8 Å². The highest BCUT2D eigenvalue weighted by molar-refractivity contribution is 5.95. The molecule has 0 aliphatic heterocycles. The van der Waals surface area contributed by atoms with E-state index in [1.807, 2.05) is 0 Å². The van der Waals surface area contributed by atoms with Gasteiger partial charge in [0.2, 0.25) is 5.69 Å². The molecule has 1 aliphatic rings. The third-order valence-electron chi connectivity index (χ3n) is 7.41. The summed E-state index contributed by atoms with van der Waals surface area (Å²) in [6.45, 7) is 15.8. The summed E-state index contributed by atoms with van der Waals surface area (Å²) in [4.78, 5) is 0. The first-order valence-electron chi connectivity index (χ1n) is 12.6. The molecule has 0 saturated heterocycles. The van der Waals surface area contributed by atoms with Crippen molar-refractivity contribution in [2.75, 3.05) is 0 Å². The second kappa shape index (κ2) is 7.29. The zero-order chi connectivity index (χ0) is 24.6. The van der Waals surface area contributed by atoms with Crippen molar-refractivity contribution in [2.45, 2.75) is 60.3 Å². The van der Waals surface area contributed by atoms with Gasteiger partial charge in [0.1, 0.15) is 7.05 Å². The number of fused-ring (bicyclic) bond motifs is 4. The Bertz CT molecular complexity index is 1470. The van der Waals surface area contributed by atoms with E-state index in [1.54, 1.807) is 0 Å². The minimum atomic E-state index is -0.0347. The maximum Gasteiger partial charge on any atom is 0.220 e. The van der Waals surface area contributed by atoms with E-state index in [4.69, 9.17) is 1.37 Å². The number of aromatic nitrogens is 1. The van der Waals surface area contributed by atoms with Crippen LogP contribution in [-0.4, -0.2) is 0 Å². The fraction of sp³-hybridized carbons (Fsp3) is 0.344. The zero-order valence-corrected chi connectivity index (χ0v) is 21.4. The number of hydrogen-bond donors (Lipinski definition) is 0. The maximum absolute atomic E-state index is 8.92. The number of pyridine rings is 1. The highest BCUT2D eigenvalue weighted by Crippen LogP contribution is 2.50. The lowest BCUT2D eigenvalue weighted by Crippen LogP contribution is -2.35. The molecule has 1 aliphatic carbocycles. The van der Waals surface area contributed by atoms with Crippen LogP contribution in [0.25, 0.3) is 33.2 Å². The first-order valence-corrected chi connectivity index (χ1v) is 12.1. The molecule has 1 aromatic heterocycles. The van der Waals surface area contributed by atoms with Crippen LogP contribution in [-0.2, 0) is 18.9 Å². The fourth-order valence-electron chi connectivity index (χ4n) is 5.69. The summed E-state index contributed by atoms with van der Waals surface area (Å²) >= 11 is 0. The van der Waals surface area contributed by atoms with E-state index in [-0.39, 0.29) is 10.8 Å². The average Bonchev–Trinajstić information content (AvgIpc) is 2.98. The van der Waals surface area contributed by atoms with E-state index >= 15 is 0 Å². The van der Waals surface area contributed by atoms with Gasteiger partial charge in [-0.05, 0) is 69.7 Å². The quantitative estimate of drug-likeness (QED) is 0.282. The van der Waals surface area contributed by atoms with Gasteiger partial charge in [-0.25, -0.2) is 0 Å². The second-order valence-electron chi connectivity index (χ2n) is 11.6. The van der Waals surface area contributed by atoms with Crippen LogP contribution in [0.5, 0.6) is 0 Å². The molecular formula is C32H36N+. The van der Waals surface area contributed by atoms with E-state index < -0.39 is 0 Å². The predicted octanol–water partition coefficient (Wildman–Crippen LogP) is 7.84. The van der Waals surface area contributed by atoms with Gasteiger partial charge in [-0.2, -0.15) is 4.57 Å². The van der Waals surface area contributed by atoms with E-state index in [0.29, 0.717) is 6.04 Å². The Morgan fingerprint density at radius 2 is 1.61 bits per heavy atom. The van der Waals surface area contributed by atoms with Crippen molar-refractivity contribution in [2.24, 2.45) is 12.5 Å². The molecule has 1 heterocycles. The number of rotatable bonds is 2. The molecule has 0 saturated carbocycles. The molecule has 0 bridgehead atoms. The molecule has 0 N–H and O–H groups in total. The standard InChI is InChI=1S/C32H36N/c1-20-15-27-25-11-9-10-12-28(25)32(6,7)29(27)18-26(20)30-24-14-13-22(19-31(3,4)5)17-23(24)16-21(2)33(30)8/h9-18H,19H2,1-8H3/q+1/i16D. The number of nitrogens with zero attached hydrogens (tertiary/aromatic N) is 1. The third-order valence-corrected chi connectivity index (χ3v) is 7.41. The van der Waals surface area contributed by atoms with E-state index in [2.05, 4.69) is 115 Å². The van der Waals surface area contributed by atoms with Crippen LogP contribution in [0, 0.1) is 19.3 Å². The molecular weight excluding hydrogens is 398 g/mol. The summed E-state index contributed by atoms with van der Waals surface area (Å²) in [6, 6.07) is 21.0. The minimum Gasteiger partial charge on any atom is -0.198 e. The van der Waals surface area contributed by atoms with Crippen molar-refractivity contribution in [3.63, 3.8) is 0 Å². The molecule has 5 rings (SSSR count). The Morgan fingerprint density at radius 1 is 0.879 bits per heavy atom. The van der Waals surface area contributed by atoms with Crippen molar-refractivity contribution in [1.29, 1.82) is 0 Å². The van der Waals surface area contributed by atoms with Crippen molar-refractivity contribution < 1.29 is 5.94 Å². The topological polar surface area (TPSA) is 3.88 Å². The Kier molecular flexibility index (Phi) is 4.56. The van der Waals surface area contributed by atoms with Gasteiger partial charge >= 0.3 is 0 Å². The SMILES string of the molecule is [2H]c1c(C)[n+](C)c(-c2cc3c(cc2C)-c2ccccc2C3(C)C)c2ccc(CC(C)(C)C)cc12. The van der Waals surface area contributed by atoms with Gasteiger partial charge in [-0.1, -0.05) is 77.1 Å². The summed E-state index contributed by atoms with van der Waals surface area (Å²) in [7, 11) is 2.11. The van der Waals surface area contributed by atoms with Crippen LogP contribution in [0.2, 0.25) is 0 Å². The van der Waals surface area contributed by atoms with E-state index in [1.165, 1.54) is 44.6 Å². The summed E-state index contributed by atoms with van der Waals surface area (Å²) in [5, 5.41) is 2.21. The highest BCUT2D eigenvalue weighted by atomic mass is 14.9. The lowest BCUT2D eigenvalue weighted by atomic mass is 9.81. The normalized spacial score (nSPS) is 14.8. The monoisotopic (exact) mass is 435 g/mol. The minimum absolute atomic E-state index is 0.0347. The molecule has 0 atom stereocenters. The molecule has 0 spiro atoms. The Balaban J connectivity index is 1.79. The van der Waals surface area contributed by atoms with E-state index in [0.717, 1.165) is 22.9 Å². The second-order valence-corrected chi connectivity index (χ2v) is 11.6. The average molecular weight is 436 g/mol. The summed E-state index contributed by atoms with van der Waals surface area (Å²) in [5.41, 5.74) is 11.7. The maximum atomic E-state index is 8.92. The van der Waals surface area contributed by atoms with Crippen molar-refractivity contribution in [1.82, 2.24) is 0 Å². The summed E-state index contributed by atoms with van der Waals surface area (Å²) < 4.78 is 11.1.